The first-order valence-corrected chi connectivity index (χ1v) is 8.07. The van der Waals surface area contributed by atoms with Crippen LogP contribution in [0.3, 0.4) is 0 Å². The third-order valence-electron chi connectivity index (χ3n) is 5.14. The maximum atomic E-state index is 13.3. The van der Waals surface area contributed by atoms with Gasteiger partial charge in [-0.25, -0.2) is 4.39 Å². The largest absolute Gasteiger partial charge is 0.309 e. The lowest BCUT2D eigenvalue weighted by atomic mass is 9.83. The van der Waals surface area contributed by atoms with Gasteiger partial charge in [-0.3, -0.25) is 4.90 Å². The van der Waals surface area contributed by atoms with E-state index in [-0.39, 0.29) is 16.9 Å². The Morgan fingerprint density at radius 1 is 1.24 bits per heavy atom. The fourth-order valence-electron chi connectivity index (χ4n) is 3.43. The molecule has 0 radical (unpaired) electrons. The molecule has 0 spiro atoms. The molecule has 0 unspecified atom stereocenters. The topological polar surface area (TPSA) is 15.3 Å². The maximum Gasteiger partial charge on any atom is 0.123 e. The van der Waals surface area contributed by atoms with Gasteiger partial charge in [0.15, 0.2) is 0 Å². The third kappa shape index (κ3) is 3.46. The number of piperazine rings is 1. The van der Waals surface area contributed by atoms with Crippen LogP contribution in [0.2, 0.25) is 0 Å². The summed E-state index contributed by atoms with van der Waals surface area (Å²) in [6.45, 7) is 14.0. The van der Waals surface area contributed by atoms with Crippen molar-refractivity contribution in [2.45, 2.75) is 65.1 Å². The molecule has 1 saturated heterocycles. The smallest absolute Gasteiger partial charge is 0.123 e. The molecule has 1 heterocycles. The Hall–Kier alpha value is -0.930. The van der Waals surface area contributed by atoms with E-state index >= 15 is 0 Å². The van der Waals surface area contributed by atoms with Crippen molar-refractivity contribution < 1.29 is 4.39 Å². The Morgan fingerprint density at radius 3 is 2.48 bits per heavy atom. The summed E-state index contributed by atoms with van der Waals surface area (Å²) in [4.78, 5) is 2.60. The number of benzene rings is 1. The predicted molar refractivity (Wildman–Crippen MR) is 86.9 cm³/mol. The van der Waals surface area contributed by atoms with Gasteiger partial charge in [0.05, 0.1) is 0 Å². The van der Waals surface area contributed by atoms with Gasteiger partial charge in [-0.05, 0) is 56.9 Å². The summed E-state index contributed by atoms with van der Waals surface area (Å²) in [5.74, 6) is -0.144. The van der Waals surface area contributed by atoms with E-state index in [1.165, 1.54) is 5.56 Å². The van der Waals surface area contributed by atoms with E-state index in [9.17, 15) is 4.39 Å². The molecule has 1 aromatic carbocycles. The van der Waals surface area contributed by atoms with Crippen molar-refractivity contribution in [1.29, 1.82) is 0 Å². The zero-order valence-electron chi connectivity index (χ0n) is 14.1. The van der Waals surface area contributed by atoms with Crippen molar-refractivity contribution in [3.8, 4) is 0 Å². The summed E-state index contributed by atoms with van der Waals surface area (Å²) in [6, 6.07) is 5.16. The molecular formula is C18H29FN2. The van der Waals surface area contributed by atoms with Gasteiger partial charge in [0, 0.05) is 30.7 Å². The molecule has 2 nitrogen and oxygen atoms in total. The average Bonchev–Trinajstić information content (AvgIpc) is 2.42. The molecule has 118 valence electrons. The fourth-order valence-corrected chi connectivity index (χ4v) is 3.43. The van der Waals surface area contributed by atoms with Crippen LogP contribution in [0.15, 0.2) is 18.2 Å². The van der Waals surface area contributed by atoms with Crippen LogP contribution >= 0.6 is 0 Å². The summed E-state index contributed by atoms with van der Waals surface area (Å²) in [5.41, 5.74) is 2.62. The van der Waals surface area contributed by atoms with Crippen LogP contribution in [-0.4, -0.2) is 29.1 Å². The molecule has 0 amide bonds. The molecule has 1 aliphatic heterocycles. The molecule has 0 aliphatic carbocycles. The average molecular weight is 292 g/mol. The van der Waals surface area contributed by atoms with Crippen molar-refractivity contribution in [2.75, 3.05) is 13.1 Å². The van der Waals surface area contributed by atoms with Gasteiger partial charge >= 0.3 is 0 Å². The Balaban J connectivity index is 2.27. The lowest BCUT2D eigenvalue weighted by Gasteiger charge is -2.52. The van der Waals surface area contributed by atoms with Gasteiger partial charge in [-0.1, -0.05) is 19.9 Å². The standard InChI is InChI=1S/C18H29FN2/c1-6-18(7-2)12-20-17(4,5)13-21(18)11-15-8-9-16(19)10-14(15)3/h8-10,20H,6-7,11-13H2,1-5H3. The second-order valence-corrected chi connectivity index (χ2v) is 7.10. The first-order chi connectivity index (χ1) is 9.82. The van der Waals surface area contributed by atoms with E-state index in [1.807, 2.05) is 13.0 Å². The molecule has 0 saturated carbocycles. The zero-order chi connectivity index (χ0) is 15.7. The highest BCUT2D eigenvalue weighted by Gasteiger charge is 2.41. The highest BCUT2D eigenvalue weighted by molar-refractivity contribution is 5.27. The van der Waals surface area contributed by atoms with Crippen LogP contribution in [-0.2, 0) is 6.54 Å². The van der Waals surface area contributed by atoms with Crippen molar-refractivity contribution in [2.24, 2.45) is 0 Å². The van der Waals surface area contributed by atoms with E-state index in [1.54, 1.807) is 12.1 Å². The molecule has 21 heavy (non-hydrogen) atoms. The molecule has 3 heteroatoms. The molecule has 2 rings (SSSR count). The molecule has 0 atom stereocenters. The van der Waals surface area contributed by atoms with Crippen LogP contribution in [0.25, 0.3) is 0 Å². The second-order valence-electron chi connectivity index (χ2n) is 7.10. The summed E-state index contributed by atoms with van der Waals surface area (Å²) in [5, 5.41) is 3.69. The third-order valence-corrected chi connectivity index (χ3v) is 5.14. The van der Waals surface area contributed by atoms with E-state index in [0.29, 0.717) is 0 Å². The fraction of sp³-hybridized carbons (Fsp3) is 0.667. The second kappa shape index (κ2) is 6.05. The molecule has 1 N–H and O–H groups in total. The minimum atomic E-state index is -0.144. The monoisotopic (exact) mass is 292 g/mol. The summed E-state index contributed by atoms with van der Waals surface area (Å²) < 4.78 is 13.3. The maximum absolute atomic E-state index is 13.3. The number of rotatable bonds is 4. The van der Waals surface area contributed by atoms with Crippen LogP contribution < -0.4 is 5.32 Å². The Labute approximate surface area is 128 Å². The van der Waals surface area contributed by atoms with Crippen LogP contribution in [0.1, 0.15) is 51.7 Å². The van der Waals surface area contributed by atoms with Crippen LogP contribution in [0, 0.1) is 12.7 Å². The van der Waals surface area contributed by atoms with Crippen molar-refractivity contribution in [3.63, 3.8) is 0 Å². The van der Waals surface area contributed by atoms with E-state index < -0.39 is 0 Å². The number of hydrogen-bond donors (Lipinski definition) is 1. The van der Waals surface area contributed by atoms with E-state index in [0.717, 1.165) is 38.0 Å². The van der Waals surface area contributed by atoms with Crippen molar-refractivity contribution >= 4 is 0 Å². The van der Waals surface area contributed by atoms with Gasteiger partial charge in [-0.2, -0.15) is 0 Å². The Morgan fingerprint density at radius 2 is 1.90 bits per heavy atom. The number of hydrogen-bond acceptors (Lipinski definition) is 2. The minimum Gasteiger partial charge on any atom is -0.309 e. The van der Waals surface area contributed by atoms with Crippen molar-refractivity contribution in [1.82, 2.24) is 10.2 Å². The first-order valence-electron chi connectivity index (χ1n) is 8.07. The van der Waals surface area contributed by atoms with Gasteiger partial charge in [0.1, 0.15) is 5.82 Å². The molecule has 1 aromatic rings. The quantitative estimate of drug-likeness (QED) is 0.906. The molecule has 1 aliphatic rings. The number of halogens is 1. The molecule has 0 aromatic heterocycles. The highest BCUT2D eigenvalue weighted by Crippen LogP contribution is 2.32. The van der Waals surface area contributed by atoms with Gasteiger partial charge in [0.2, 0.25) is 0 Å². The normalized spacial score (nSPS) is 21.4. The Kier molecular flexibility index (Phi) is 4.74. The van der Waals surface area contributed by atoms with Gasteiger partial charge < -0.3 is 5.32 Å². The molecule has 0 bridgehead atoms. The zero-order valence-corrected chi connectivity index (χ0v) is 14.1. The van der Waals surface area contributed by atoms with Gasteiger partial charge in [0.25, 0.3) is 0 Å². The lowest BCUT2D eigenvalue weighted by molar-refractivity contribution is 0.00220. The van der Waals surface area contributed by atoms with Crippen LogP contribution in [0.4, 0.5) is 4.39 Å². The van der Waals surface area contributed by atoms with Crippen LogP contribution in [0.5, 0.6) is 0 Å². The van der Waals surface area contributed by atoms with Crippen molar-refractivity contribution in [3.05, 3.63) is 35.1 Å². The Bertz CT molecular complexity index is 492. The van der Waals surface area contributed by atoms with E-state index in [4.69, 9.17) is 0 Å². The minimum absolute atomic E-state index is 0.127. The molecular weight excluding hydrogens is 263 g/mol. The lowest BCUT2D eigenvalue weighted by Crippen LogP contribution is -2.67. The number of aryl methyl sites for hydroxylation is 1. The summed E-state index contributed by atoms with van der Waals surface area (Å²) in [7, 11) is 0. The summed E-state index contributed by atoms with van der Waals surface area (Å²) >= 11 is 0. The summed E-state index contributed by atoms with van der Waals surface area (Å²) in [6.07, 6.45) is 2.26. The molecule has 1 fully saturated rings. The van der Waals surface area contributed by atoms with Gasteiger partial charge in [-0.15, -0.1) is 0 Å². The SMILES string of the molecule is CCC1(CC)CNC(C)(C)CN1Cc1ccc(F)cc1C. The van der Waals surface area contributed by atoms with E-state index in [2.05, 4.69) is 37.9 Å². The number of nitrogens with zero attached hydrogens (tertiary/aromatic N) is 1. The highest BCUT2D eigenvalue weighted by atomic mass is 19.1. The first kappa shape index (κ1) is 16.4. The number of nitrogens with one attached hydrogen (secondary N) is 1. The predicted octanol–water partition coefficient (Wildman–Crippen LogP) is 3.88.